The average molecular weight is 303 g/mol. The molecule has 0 atom stereocenters. The number of ether oxygens (including phenoxy) is 1. The molecule has 2 rings (SSSR count). The van der Waals surface area contributed by atoms with Gasteiger partial charge < -0.3 is 4.74 Å². The van der Waals surface area contributed by atoms with Crippen LogP contribution in [-0.2, 0) is 6.54 Å². The maximum Gasteiger partial charge on any atom is 0.317 e. The fourth-order valence-electron chi connectivity index (χ4n) is 1.33. The molecule has 1 aromatic carbocycles. The zero-order valence-electron chi connectivity index (χ0n) is 8.52. The fraction of sp³-hybridized carbons (Fsp3) is 0.200. The van der Waals surface area contributed by atoms with Crippen LogP contribution in [0.3, 0.4) is 0 Å². The van der Waals surface area contributed by atoms with Crippen molar-refractivity contribution in [3.05, 3.63) is 39.6 Å². The van der Waals surface area contributed by atoms with E-state index in [4.69, 9.17) is 16.3 Å². The molecule has 0 N–H and O–H groups in total. The number of hydrogen-bond donors (Lipinski definition) is 0. The predicted octanol–water partition coefficient (Wildman–Crippen LogP) is 2.75. The summed E-state index contributed by atoms with van der Waals surface area (Å²) in [7, 11) is 1.56. The second kappa shape index (κ2) is 4.84. The minimum absolute atomic E-state index is 0.474. The summed E-state index contributed by atoms with van der Waals surface area (Å²) in [5.74, 6) is 0. The van der Waals surface area contributed by atoms with Crippen LogP contribution >= 0.6 is 27.5 Å². The maximum atomic E-state index is 5.82. The van der Waals surface area contributed by atoms with Gasteiger partial charge in [0.05, 0.1) is 13.7 Å². The number of hydrogen-bond acceptors (Lipinski definition) is 3. The minimum Gasteiger partial charge on any atom is -0.467 e. The van der Waals surface area contributed by atoms with Crippen LogP contribution in [0.15, 0.2) is 29.0 Å². The summed E-state index contributed by atoms with van der Waals surface area (Å²) in [6.07, 6.45) is 0. The van der Waals surface area contributed by atoms with E-state index in [9.17, 15) is 0 Å². The van der Waals surface area contributed by atoms with Crippen molar-refractivity contribution in [3.63, 3.8) is 0 Å². The summed E-state index contributed by atoms with van der Waals surface area (Å²) in [6.45, 7) is 0.633. The highest BCUT2D eigenvalue weighted by Crippen LogP contribution is 2.18. The Morgan fingerprint density at radius 1 is 1.31 bits per heavy atom. The number of nitrogens with zero attached hydrogens (tertiary/aromatic N) is 3. The molecule has 6 heteroatoms. The van der Waals surface area contributed by atoms with Crippen LogP contribution in [-0.4, -0.2) is 21.9 Å². The molecule has 1 heterocycles. The lowest BCUT2D eigenvalue weighted by molar-refractivity contribution is 0.359. The van der Waals surface area contributed by atoms with E-state index in [2.05, 4.69) is 26.1 Å². The van der Waals surface area contributed by atoms with E-state index >= 15 is 0 Å². The third kappa shape index (κ3) is 2.36. The minimum atomic E-state index is 0.474. The van der Waals surface area contributed by atoms with Gasteiger partial charge in [0.25, 0.3) is 0 Å². The first-order valence-corrected chi connectivity index (χ1v) is 5.75. The normalized spacial score (nSPS) is 10.4. The van der Waals surface area contributed by atoms with Gasteiger partial charge in [-0.25, -0.2) is 0 Å². The van der Waals surface area contributed by atoms with Gasteiger partial charge in [-0.1, -0.05) is 28.8 Å². The number of halogens is 2. The topological polar surface area (TPSA) is 39.9 Å². The van der Waals surface area contributed by atoms with Crippen molar-refractivity contribution in [3.8, 4) is 6.01 Å². The molecule has 0 saturated heterocycles. The van der Waals surface area contributed by atoms with E-state index in [1.165, 1.54) is 0 Å². The Morgan fingerprint density at radius 2 is 2.00 bits per heavy atom. The molecule has 0 spiro atoms. The second-order valence-electron chi connectivity index (χ2n) is 3.17. The Labute approximate surface area is 106 Å². The molecule has 0 bridgehead atoms. The Kier molecular flexibility index (Phi) is 3.46. The molecule has 0 amide bonds. The van der Waals surface area contributed by atoms with Crippen molar-refractivity contribution in [1.82, 2.24) is 14.8 Å². The van der Waals surface area contributed by atoms with Gasteiger partial charge in [0.15, 0.2) is 0 Å². The average Bonchev–Trinajstić information content (AvgIpc) is 2.63. The van der Waals surface area contributed by atoms with Crippen LogP contribution in [0.1, 0.15) is 5.56 Å². The number of aromatic nitrogens is 3. The molecule has 0 aliphatic heterocycles. The van der Waals surface area contributed by atoms with Gasteiger partial charge >= 0.3 is 6.01 Å². The fourth-order valence-corrected chi connectivity index (χ4v) is 1.81. The Bertz CT molecular complexity index is 483. The van der Waals surface area contributed by atoms with Crippen molar-refractivity contribution in [2.45, 2.75) is 6.54 Å². The molecule has 0 saturated carbocycles. The Morgan fingerprint density at radius 3 is 2.62 bits per heavy atom. The monoisotopic (exact) mass is 301 g/mol. The van der Waals surface area contributed by atoms with Crippen molar-refractivity contribution in [2.24, 2.45) is 0 Å². The molecule has 2 aromatic rings. The first-order valence-electron chi connectivity index (χ1n) is 4.58. The van der Waals surface area contributed by atoms with E-state index in [0.717, 1.165) is 10.6 Å². The molecule has 0 aliphatic carbocycles. The highest BCUT2D eigenvalue weighted by molar-refractivity contribution is 9.10. The first kappa shape index (κ1) is 11.4. The van der Waals surface area contributed by atoms with E-state index in [0.29, 0.717) is 17.3 Å². The van der Waals surface area contributed by atoms with E-state index in [1.54, 1.807) is 7.11 Å². The van der Waals surface area contributed by atoms with Crippen LogP contribution in [0.4, 0.5) is 0 Å². The van der Waals surface area contributed by atoms with Gasteiger partial charge in [-0.15, -0.1) is 5.10 Å². The third-order valence-electron chi connectivity index (χ3n) is 2.11. The van der Waals surface area contributed by atoms with Gasteiger partial charge in [0.2, 0.25) is 4.73 Å². The molecular weight excluding hydrogens is 293 g/mol. The van der Waals surface area contributed by atoms with Crippen molar-refractivity contribution in [1.29, 1.82) is 0 Å². The van der Waals surface area contributed by atoms with Gasteiger partial charge in [-0.05, 0) is 33.6 Å². The molecular formula is C10H9BrClN3O. The predicted molar refractivity (Wildman–Crippen MR) is 64.8 cm³/mol. The molecule has 84 valence electrons. The molecule has 0 unspecified atom stereocenters. The van der Waals surface area contributed by atoms with Crippen molar-refractivity contribution >= 4 is 27.5 Å². The van der Waals surface area contributed by atoms with Crippen LogP contribution in [0.25, 0.3) is 0 Å². The lowest BCUT2D eigenvalue weighted by Crippen LogP contribution is -2.03. The number of rotatable bonds is 3. The zero-order valence-corrected chi connectivity index (χ0v) is 10.9. The molecule has 4 nitrogen and oxygen atoms in total. The van der Waals surface area contributed by atoms with Crippen molar-refractivity contribution in [2.75, 3.05) is 7.11 Å². The molecule has 1 aromatic heterocycles. The van der Waals surface area contributed by atoms with Crippen LogP contribution in [0, 0.1) is 0 Å². The van der Waals surface area contributed by atoms with Crippen LogP contribution in [0.2, 0.25) is 5.02 Å². The molecule has 0 fully saturated rings. The Hall–Kier alpha value is -1.07. The van der Waals surface area contributed by atoms with Gasteiger partial charge in [0.1, 0.15) is 0 Å². The lowest BCUT2D eigenvalue weighted by atomic mass is 10.2. The van der Waals surface area contributed by atoms with Crippen LogP contribution in [0.5, 0.6) is 6.01 Å². The zero-order chi connectivity index (χ0) is 11.5. The van der Waals surface area contributed by atoms with E-state index in [1.807, 2.05) is 28.8 Å². The molecule has 0 radical (unpaired) electrons. The Balaban J connectivity index is 2.26. The summed E-state index contributed by atoms with van der Waals surface area (Å²) < 4.78 is 7.56. The largest absolute Gasteiger partial charge is 0.467 e. The van der Waals surface area contributed by atoms with E-state index in [-0.39, 0.29) is 0 Å². The van der Waals surface area contributed by atoms with Gasteiger partial charge in [-0.2, -0.15) is 0 Å². The highest BCUT2D eigenvalue weighted by atomic mass is 79.9. The molecule has 16 heavy (non-hydrogen) atoms. The standard InChI is InChI=1S/C10H9BrClN3O/c1-16-10-14-13-9(11)15(10)6-7-2-4-8(12)5-3-7/h2-5H,6H2,1H3. The van der Waals surface area contributed by atoms with Gasteiger partial charge in [-0.3, -0.25) is 4.57 Å². The van der Waals surface area contributed by atoms with Gasteiger partial charge in [0, 0.05) is 5.02 Å². The SMILES string of the molecule is COc1nnc(Br)n1Cc1ccc(Cl)cc1. The summed E-state index contributed by atoms with van der Waals surface area (Å²) in [5, 5.41) is 8.47. The molecule has 0 aliphatic rings. The second-order valence-corrected chi connectivity index (χ2v) is 4.31. The maximum absolute atomic E-state index is 5.82. The first-order chi connectivity index (χ1) is 7.70. The quantitative estimate of drug-likeness (QED) is 0.875. The summed E-state index contributed by atoms with van der Waals surface area (Å²) >= 11 is 9.13. The summed E-state index contributed by atoms with van der Waals surface area (Å²) in [4.78, 5) is 0. The van der Waals surface area contributed by atoms with Crippen molar-refractivity contribution < 1.29 is 4.74 Å². The number of methoxy groups -OCH3 is 1. The summed E-state index contributed by atoms with van der Waals surface area (Å²) in [6, 6.07) is 8.08. The summed E-state index contributed by atoms with van der Waals surface area (Å²) in [5.41, 5.74) is 1.10. The van der Waals surface area contributed by atoms with Crippen LogP contribution < -0.4 is 4.74 Å². The number of benzene rings is 1. The highest BCUT2D eigenvalue weighted by Gasteiger charge is 2.09. The smallest absolute Gasteiger partial charge is 0.317 e. The lowest BCUT2D eigenvalue weighted by Gasteiger charge is -2.06. The van der Waals surface area contributed by atoms with E-state index < -0.39 is 0 Å². The third-order valence-corrected chi connectivity index (χ3v) is 2.95.